The minimum absolute atomic E-state index is 0.104. The zero-order valence-corrected chi connectivity index (χ0v) is 49.8. The number of unbranched alkanes of at least 4 members (excludes halogenated alkanes) is 35. The highest BCUT2D eigenvalue weighted by Crippen LogP contribution is 2.26. The Morgan fingerprint density at radius 1 is 0.506 bits per heavy atom. The van der Waals surface area contributed by atoms with Crippen molar-refractivity contribution in [1.82, 2.24) is 5.32 Å². The lowest BCUT2D eigenvalue weighted by molar-refractivity contribution is -0.305. The van der Waals surface area contributed by atoms with E-state index in [1.165, 1.54) is 180 Å². The van der Waals surface area contributed by atoms with Gasteiger partial charge in [-0.2, -0.15) is 0 Å². The first-order chi connectivity index (χ1) is 37.7. The normalized spacial score (nSPS) is 19.3. The molecule has 0 saturated carbocycles. The zero-order valence-electron chi connectivity index (χ0n) is 49.8. The van der Waals surface area contributed by atoms with E-state index in [0.29, 0.717) is 12.8 Å². The minimum atomic E-state index is -1.62. The Hall–Kier alpha value is -2.38. The second-order valence-corrected chi connectivity index (χ2v) is 22.5. The van der Waals surface area contributed by atoms with Crippen molar-refractivity contribution in [2.75, 3.05) is 13.2 Å². The van der Waals surface area contributed by atoms with Crippen LogP contribution in [0.3, 0.4) is 0 Å². The van der Waals surface area contributed by atoms with Gasteiger partial charge in [0, 0.05) is 6.42 Å². The molecule has 0 aromatic rings. The third-order valence-electron chi connectivity index (χ3n) is 15.2. The Balaban J connectivity index is 2.64. The number of aliphatic hydroxyl groups is 5. The number of hydrogen-bond donors (Lipinski definition) is 6. The van der Waals surface area contributed by atoms with Gasteiger partial charge in [-0.05, 0) is 83.5 Å². The standard InChI is InChI=1S/C66H121NO10/c1-4-7-10-13-16-19-22-25-26-27-28-29-30-31-32-33-36-38-41-44-47-50-53-59(70)65(74)67-57(58(69)52-49-46-43-40-37-34-23-20-17-14-11-8-5-2)56-75-66-64(63(73)62(72)60(55-68)76-66)77-61(71)54-51-48-45-42-39-35-24-21-18-15-12-9-6-3/h16,19,25-26,35,39,49,52,57-60,62-64,66,68-70,72-73H,4-15,17-18,20-24,27-34,36-38,40-48,50-51,53-56H2,1-3H3,(H,67,74)/b19-16-,26-25-,39-35-,52-49+. The van der Waals surface area contributed by atoms with E-state index >= 15 is 0 Å². The number of carbonyl (C=O) groups excluding carboxylic acids is 2. The molecule has 1 amide bonds. The van der Waals surface area contributed by atoms with Crippen molar-refractivity contribution in [2.45, 2.75) is 346 Å². The molecule has 6 N–H and O–H groups in total. The maximum Gasteiger partial charge on any atom is 0.306 e. The fourth-order valence-electron chi connectivity index (χ4n) is 10.0. The number of nitrogens with one attached hydrogen (secondary N) is 1. The summed E-state index contributed by atoms with van der Waals surface area (Å²) in [5, 5.41) is 57.0. The Morgan fingerprint density at radius 3 is 1.36 bits per heavy atom. The highest BCUT2D eigenvalue weighted by Gasteiger charge is 2.47. The van der Waals surface area contributed by atoms with Crippen LogP contribution in [0, 0.1) is 0 Å². The van der Waals surface area contributed by atoms with Gasteiger partial charge >= 0.3 is 5.97 Å². The predicted octanol–water partition coefficient (Wildman–Crippen LogP) is 15.6. The van der Waals surface area contributed by atoms with E-state index in [9.17, 15) is 35.1 Å². The number of aliphatic hydroxyl groups excluding tert-OH is 5. The van der Waals surface area contributed by atoms with Gasteiger partial charge in [-0.3, -0.25) is 9.59 Å². The van der Waals surface area contributed by atoms with Crippen LogP contribution in [0.5, 0.6) is 0 Å². The van der Waals surface area contributed by atoms with Gasteiger partial charge in [-0.25, -0.2) is 0 Å². The van der Waals surface area contributed by atoms with Crippen LogP contribution in [0.15, 0.2) is 48.6 Å². The molecule has 1 fully saturated rings. The molecule has 1 aliphatic heterocycles. The van der Waals surface area contributed by atoms with Crippen LogP contribution in [-0.4, -0.2) is 99.6 Å². The number of ether oxygens (including phenoxy) is 3. The van der Waals surface area contributed by atoms with Crippen LogP contribution >= 0.6 is 0 Å². The molecule has 0 spiro atoms. The first-order valence-electron chi connectivity index (χ1n) is 32.4. The van der Waals surface area contributed by atoms with Crippen LogP contribution in [0.4, 0.5) is 0 Å². The van der Waals surface area contributed by atoms with E-state index in [-0.39, 0.29) is 19.4 Å². The molecule has 1 heterocycles. The maximum atomic E-state index is 13.4. The number of hydrogen-bond acceptors (Lipinski definition) is 10. The molecular formula is C66H121NO10. The lowest BCUT2D eigenvalue weighted by atomic mass is 9.99. The topological polar surface area (TPSA) is 175 Å². The first-order valence-corrected chi connectivity index (χ1v) is 32.4. The molecule has 1 saturated heterocycles. The summed E-state index contributed by atoms with van der Waals surface area (Å²) in [5.41, 5.74) is 0. The summed E-state index contributed by atoms with van der Waals surface area (Å²) < 4.78 is 17.6. The monoisotopic (exact) mass is 1090 g/mol. The van der Waals surface area contributed by atoms with Crippen molar-refractivity contribution in [3.05, 3.63) is 48.6 Å². The van der Waals surface area contributed by atoms with Gasteiger partial charge < -0.3 is 45.1 Å². The molecule has 1 rings (SSSR count). The number of amides is 1. The molecule has 0 radical (unpaired) electrons. The fraction of sp³-hybridized carbons (Fsp3) is 0.848. The number of allylic oxidation sites excluding steroid dienone is 7. The molecule has 450 valence electrons. The molecule has 11 heteroatoms. The molecule has 0 bridgehead atoms. The SMILES string of the molecule is CCCCC/C=C\C/C=C\CCCCCCCCCCCCCCC(O)C(=O)NC(COC1OC(CO)C(O)C(O)C1OC(=O)CCCCC/C=C\CCCCCCCC)C(O)/C=C/CCCCCCCCCCCCC. The van der Waals surface area contributed by atoms with Crippen LogP contribution in [0.2, 0.25) is 0 Å². The molecule has 0 aromatic carbocycles. The lowest BCUT2D eigenvalue weighted by Gasteiger charge is -2.41. The van der Waals surface area contributed by atoms with Gasteiger partial charge in [0.1, 0.15) is 24.4 Å². The summed E-state index contributed by atoms with van der Waals surface area (Å²) in [7, 11) is 0. The smallest absolute Gasteiger partial charge is 0.306 e. The molecule has 0 aromatic heterocycles. The van der Waals surface area contributed by atoms with Crippen molar-refractivity contribution in [2.24, 2.45) is 0 Å². The average molecular weight is 1090 g/mol. The third-order valence-corrected chi connectivity index (χ3v) is 15.2. The van der Waals surface area contributed by atoms with Crippen LogP contribution in [-0.2, 0) is 23.8 Å². The van der Waals surface area contributed by atoms with Crippen LogP contribution in [0.1, 0.15) is 297 Å². The average Bonchev–Trinajstić information content (AvgIpc) is 3.43. The van der Waals surface area contributed by atoms with Gasteiger partial charge in [0.2, 0.25) is 5.91 Å². The van der Waals surface area contributed by atoms with Gasteiger partial charge in [0.25, 0.3) is 0 Å². The Kier molecular flexibility index (Phi) is 51.1. The highest BCUT2D eigenvalue weighted by atomic mass is 16.7. The first kappa shape index (κ1) is 72.6. The Bertz CT molecular complexity index is 1440. The van der Waals surface area contributed by atoms with Gasteiger partial charge in [-0.1, -0.05) is 256 Å². The Labute approximate surface area is 472 Å². The number of esters is 1. The molecular weight excluding hydrogens is 967 g/mol. The predicted molar refractivity (Wildman–Crippen MR) is 320 cm³/mol. The second-order valence-electron chi connectivity index (χ2n) is 22.5. The quantitative estimate of drug-likeness (QED) is 0.0195. The van der Waals surface area contributed by atoms with E-state index in [1.54, 1.807) is 6.08 Å². The van der Waals surface area contributed by atoms with Crippen LogP contribution in [0.25, 0.3) is 0 Å². The van der Waals surface area contributed by atoms with E-state index in [2.05, 4.69) is 62.5 Å². The molecule has 0 aliphatic carbocycles. The number of rotatable bonds is 55. The van der Waals surface area contributed by atoms with Crippen LogP contribution < -0.4 is 5.32 Å². The lowest BCUT2D eigenvalue weighted by Crippen LogP contribution is -2.61. The Morgan fingerprint density at radius 2 is 0.896 bits per heavy atom. The van der Waals surface area contributed by atoms with Crippen molar-refractivity contribution < 1.29 is 49.3 Å². The second kappa shape index (κ2) is 54.2. The van der Waals surface area contributed by atoms with Crippen molar-refractivity contribution >= 4 is 11.9 Å². The van der Waals surface area contributed by atoms with Gasteiger partial charge in [0.15, 0.2) is 12.4 Å². The highest BCUT2D eigenvalue weighted by molar-refractivity contribution is 5.80. The van der Waals surface area contributed by atoms with Crippen molar-refractivity contribution in [1.29, 1.82) is 0 Å². The summed E-state index contributed by atoms with van der Waals surface area (Å²) in [6, 6.07) is -1.03. The summed E-state index contributed by atoms with van der Waals surface area (Å²) in [6.07, 6.45) is 55.8. The van der Waals surface area contributed by atoms with Gasteiger partial charge in [0.05, 0.1) is 25.4 Å². The summed E-state index contributed by atoms with van der Waals surface area (Å²) in [6.45, 7) is 5.77. The van der Waals surface area contributed by atoms with E-state index in [4.69, 9.17) is 14.2 Å². The molecule has 8 unspecified atom stereocenters. The van der Waals surface area contributed by atoms with Crippen molar-refractivity contribution in [3.63, 3.8) is 0 Å². The summed E-state index contributed by atoms with van der Waals surface area (Å²) in [5.74, 6) is -1.20. The largest absolute Gasteiger partial charge is 0.454 e. The third kappa shape index (κ3) is 42.2. The number of carbonyl (C=O) groups is 2. The van der Waals surface area contributed by atoms with E-state index < -0.39 is 67.4 Å². The fourth-order valence-corrected chi connectivity index (χ4v) is 10.0. The summed E-state index contributed by atoms with van der Waals surface area (Å²) in [4.78, 5) is 26.5. The molecule has 1 aliphatic rings. The molecule has 11 nitrogen and oxygen atoms in total. The van der Waals surface area contributed by atoms with Crippen molar-refractivity contribution in [3.8, 4) is 0 Å². The summed E-state index contributed by atoms with van der Waals surface area (Å²) >= 11 is 0. The maximum absolute atomic E-state index is 13.4. The zero-order chi connectivity index (χ0) is 56.1. The van der Waals surface area contributed by atoms with E-state index in [0.717, 1.165) is 70.6 Å². The molecule has 8 atom stereocenters. The van der Waals surface area contributed by atoms with E-state index in [1.807, 2.05) is 6.08 Å². The molecule has 77 heavy (non-hydrogen) atoms. The minimum Gasteiger partial charge on any atom is -0.454 e. The van der Waals surface area contributed by atoms with Gasteiger partial charge in [-0.15, -0.1) is 0 Å².